The highest BCUT2D eigenvalue weighted by atomic mass is 16.6. The lowest BCUT2D eigenvalue weighted by Crippen LogP contribution is -2.71. The van der Waals surface area contributed by atoms with E-state index in [2.05, 4.69) is 0 Å². The molecule has 264 valence electrons. The minimum Gasteiger partial charge on any atom is -0.461 e. The van der Waals surface area contributed by atoms with Gasteiger partial charge in [0.25, 0.3) is 0 Å². The van der Waals surface area contributed by atoms with Crippen LogP contribution in [0, 0.1) is 46.8 Å². The van der Waals surface area contributed by atoms with Gasteiger partial charge in [-0.05, 0) is 49.4 Å². The highest BCUT2D eigenvalue weighted by Gasteiger charge is 2.85. The number of ketones is 1. The van der Waals surface area contributed by atoms with E-state index in [0.717, 1.165) is 6.92 Å². The molecule has 4 rings (SSSR count). The van der Waals surface area contributed by atoms with Crippen molar-refractivity contribution in [2.24, 2.45) is 46.8 Å². The minimum atomic E-state index is -2.38. The summed E-state index contributed by atoms with van der Waals surface area (Å²) >= 11 is 0. The minimum absolute atomic E-state index is 0.0189. The molecule has 1 unspecified atom stereocenters. The van der Waals surface area contributed by atoms with Crippen LogP contribution in [0.1, 0.15) is 102 Å². The van der Waals surface area contributed by atoms with E-state index in [1.54, 1.807) is 41.5 Å². The van der Waals surface area contributed by atoms with E-state index in [9.17, 15) is 29.1 Å². The molecule has 0 amide bonds. The number of fused-ring (bicyclic) bond motifs is 4. The van der Waals surface area contributed by atoms with Gasteiger partial charge in [-0.2, -0.15) is 0 Å². The number of ether oxygens (including phenoxy) is 5. The third kappa shape index (κ3) is 5.76. The summed E-state index contributed by atoms with van der Waals surface area (Å²) in [5.41, 5.74) is -7.23. The molecule has 4 aliphatic rings. The first kappa shape index (κ1) is 36.8. The molecule has 4 fully saturated rings. The Morgan fingerprint density at radius 1 is 0.894 bits per heavy atom. The molecule has 0 spiro atoms. The van der Waals surface area contributed by atoms with Crippen molar-refractivity contribution in [3.63, 3.8) is 0 Å². The quantitative estimate of drug-likeness (QED) is 0.281. The van der Waals surface area contributed by atoms with Crippen LogP contribution < -0.4 is 0 Å². The zero-order valence-electron chi connectivity index (χ0n) is 29.5. The second-order valence-electron chi connectivity index (χ2n) is 15.3. The second-order valence-corrected chi connectivity index (χ2v) is 15.3. The van der Waals surface area contributed by atoms with Gasteiger partial charge < -0.3 is 28.8 Å². The standard InChI is InChI=1S/C35H52O12/c1-12-17(5)30(40)45-28-25-26(44-23(38)13-2)18(6)15-34(25,42)31(41)33(11,46-20(8)37)27-24-21(32(24,9)10)14-22(43-19(7)36)35(27,28)47-29(39)16(3)4/h16-18,21-22,24-28,42H,12-15H2,1-11H3/t17?,18-,21-,22+,24-,25+,26-,27-,28+,33-,34+,35-/m0/s1. The molecule has 0 aromatic heterocycles. The summed E-state index contributed by atoms with van der Waals surface area (Å²) in [4.78, 5) is 81.6. The average molecular weight is 665 g/mol. The van der Waals surface area contributed by atoms with Crippen LogP contribution >= 0.6 is 0 Å². The molecule has 4 aliphatic carbocycles. The summed E-state index contributed by atoms with van der Waals surface area (Å²) < 4.78 is 30.9. The van der Waals surface area contributed by atoms with Crippen LogP contribution in [0.5, 0.6) is 0 Å². The van der Waals surface area contributed by atoms with Gasteiger partial charge in [-0.3, -0.25) is 28.8 Å². The molecule has 0 aromatic rings. The molecule has 47 heavy (non-hydrogen) atoms. The number of esters is 5. The van der Waals surface area contributed by atoms with E-state index < -0.39 is 112 Å². The molecule has 1 N–H and O–H groups in total. The number of carbonyl (C=O) groups is 6. The molecule has 0 aliphatic heterocycles. The summed E-state index contributed by atoms with van der Waals surface area (Å²) in [5.74, 6) is -9.91. The maximum Gasteiger partial charge on any atom is 0.309 e. The van der Waals surface area contributed by atoms with Crippen molar-refractivity contribution in [3.05, 3.63) is 0 Å². The first-order valence-electron chi connectivity index (χ1n) is 16.9. The van der Waals surface area contributed by atoms with Crippen molar-refractivity contribution >= 4 is 35.6 Å². The van der Waals surface area contributed by atoms with E-state index in [-0.39, 0.29) is 25.2 Å². The topological polar surface area (TPSA) is 169 Å². The van der Waals surface area contributed by atoms with Gasteiger partial charge in [0.15, 0.2) is 17.3 Å². The average Bonchev–Trinajstić information content (AvgIpc) is 3.41. The summed E-state index contributed by atoms with van der Waals surface area (Å²) in [5, 5.41) is 12.7. The van der Waals surface area contributed by atoms with Crippen molar-refractivity contribution in [1.29, 1.82) is 0 Å². The smallest absolute Gasteiger partial charge is 0.309 e. The van der Waals surface area contributed by atoms with Crippen molar-refractivity contribution in [2.75, 3.05) is 0 Å². The molecule has 12 nitrogen and oxygen atoms in total. The van der Waals surface area contributed by atoms with Gasteiger partial charge in [-0.15, -0.1) is 0 Å². The number of Topliss-reactive ketones (excluding diaryl/α,β-unsaturated/α-hetero) is 1. The largest absolute Gasteiger partial charge is 0.461 e. The van der Waals surface area contributed by atoms with Crippen molar-refractivity contribution < 1.29 is 57.6 Å². The predicted octanol–water partition coefficient (Wildman–Crippen LogP) is 3.72. The molecule has 0 aromatic carbocycles. The number of hydrogen-bond donors (Lipinski definition) is 1. The lowest BCUT2D eigenvalue weighted by atomic mass is 9.62. The summed E-state index contributed by atoms with van der Waals surface area (Å²) in [6.45, 7) is 17.6. The molecule has 0 saturated heterocycles. The Kier molecular flexibility index (Phi) is 9.76. The SMILES string of the molecule is CCC(=O)O[C@@H]1[C@@H]2[C@@H](OC(=O)C(C)CC)[C@@]3(OC(=O)C(C)C)[C@@H]([C@@H]4[C@H](C[C@H]3OC(C)=O)C4(C)C)[C@](C)(OC(C)=O)C(=O)[C@@]2(O)C[C@@H]1C. The second kappa shape index (κ2) is 12.5. The van der Waals surface area contributed by atoms with Crippen molar-refractivity contribution in [1.82, 2.24) is 0 Å². The Balaban J connectivity index is 2.20. The van der Waals surface area contributed by atoms with Crippen molar-refractivity contribution in [2.45, 2.75) is 137 Å². The molecule has 12 atom stereocenters. The number of aliphatic hydroxyl groups is 1. The van der Waals surface area contributed by atoms with E-state index in [1.165, 1.54) is 13.8 Å². The first-order valence-corrected chi connectivity index (χ1v) is 16.9. The van der Waals surface area contributed by atoms with E-state index in [0.29, 0.717) is 6.42 Å². The lowest BCUT2D eigenvalue weighted by Gasteiger charge is -2.54. The molecular formula is C35H52O12. The Morgan fingerprint density at radius 2 is 1.51 bits per heavy atom. The molecule has 12 heteroatoms. The zero-order valence-corrected chi connectivity index (χ0v) is 29.5. The summed E-state index contributed by atoms with van der Waals surface area (Å²) in [6, 6.07) is 0. The number of hydrogen-bond acceptors (Lipinski definition) is 12. The van der Waals surface area contributed by atoms with Gasteiger partial charge in [0.2, 0.25) is 5.78 Å². The fourth-order valence-corrected chi connectivity index (χ4v) is 9.04. The van der Waals surface area contributed by atoms with Crippen LogP contribution in [0.2, 0.25) is 0 Å². The number of rotatable bonds is 9. The van der Waals surface area contributed by atoms with E-state index >= 15 is 4.79 Å². The normalized spacial score (nSPS) is 40.5. The maximum absolute atomic E-state index is 15.1. The van der Waals surface area contributed by atoms with Gasteiger partial charge in [-0.25, -0.2) is 0 Å². The van der Waals surface area contributed by atoms with Gasteiger partial charge in [0.05, 0.1) is 23.7 Å². The molecular weight excluding hydrogens is 612 g/mol. The van der Waals surface area contributed by atoms with Gasteiger partial charge >= 0.3 is 29.8 Å². The molecule has 0 heterocycles. The Hall–Kier alpha value is -3.02. The fourth-order valence-electron chi connectivity index (χ4n) is 9.04. The van der Waals surface area contributed by atoms with Crippen LogP contribution in [0.25, 0.3) is 0 Å². The van der Waals surface area contributed by atoms with Crippen molar-refractivity contribution in [3.8, 4) is 0 Å². The zero-order chi connectivity index (χ0) is 35.6. The van der Waals surface area contributed by atoms with Crippen LogP contribution in [-0.4, -0.2) is 75.9 Å². The molecule has 4 saturated carbocycles. The van der Waals surface area contributed by atoms with Crippen LogP contribution in [-0.2, 0) is 52.5 Å². The fraction of sp³-hybridized carbons (Fsp3) is 0.829. The Bertz CT molecular complexity index is 1320. The van der Waals surface area contributed by atoms with Gasteiger partial charge in [0.1, 0.15) is 17.8 Å². The first-order chi connectivity index (χ1) is 21.6. The van der Waals surface area contributed by atoms with Crippen LogP contribution in [0.15, 0.2) is 0 Å². The highest BCUT2D eigenvalue weighted by Crippen LogP contribution is 2.74. The molecule has 0 radical (unpaired) electrons. The highest BCUT2D eigenvalue weighted by molar-refractivity contribution is 5.98. The summed E-state index contributed by atoms with van der Waals surface area (Å²) in [7, 11) is 0. The van der Waals surface area contributed by atoms with E-state index in [4.69, 9.17) is 23.7 Å². The van der Waals surface area contributed by atoms with E-state index in [1.807, 2.05) is 13.8 Å². The van der Waals surface area contributed by atoms with Crippen LogP contribution in [0.4, 0.5) is 0 Å². The van der Waals surface area contributed by atoms with Crippen LogP contribution in [0.3, 0.4) is 0 Å². The summed E-state index contributed by atoms with van der Waals surface area (Å²) in [6.07, 6.45) is -3.86. The molecule has 0 bridgehead atoms. The Morgan fingerprint density at radius 3 is 2.02 bits per heavy atom. The Labute approximate surface area is 276 Å². The third-order valence-electron chi connectivity index (χ3n) is 11.5. The van der Waals surface area contributed by atoms with Gasteiger partial charge in [0, 0.05) is 20.3 Å². The maximum atomic E-state index is 15.1. The monoisotopic (exact) mass is 664 g/mol. The third-order valence-corrected chi connectivity index (χ3v) is 11.5. The number of carbonyl (C=O) groups excluding carboxylic acids is 6. The lowest BCUT2D eigenvalue weighted by molar-refractivity contribution is -0.270. The van der Waals surface area contributed by atoms with Gasteiger partial charge in [-0.1, -0.05) is 55.4 Å². The predicted molar refractivity (Wildman–Crippen MR) is 165 cm³/mol.